The zero-order valence-corrected chi connectivity index (χ0v) is 12.6. The molecule has 0 saturated carbocycles. The van der Waals surface area contributed by atoms with Crippen molar-refractivity contribution in [2.45, 2.75) is 32.9 Å². The fourth-order valence-electron chi connectivity index (χ4n) is 2.20. The van der Waals surface area contributed by atoms with Gasteiger partial charge in [-0.1, -0.05) is 25.4 Å². The Bertz CT molecular complexity index is 621. The van der Waals surface area contributed by atoms with Crippen LogP contribution in [0.3, 0.4) is 0 Å². The molecule has 1 unspecified atom stereocenters. The zero-order chi connectivity index (χ0) is 14.9. The van der Waals surface area contributed by atoms with Crippen LogP contribution in [0.2, 0.25) is 5.02 Å². The highest BCUT2D eigenvalue weighted by molar-refractivity contribution is 6.31. The van der Waals surface area contributed by atoms with Crippen LogP contribution in [0.4, 0.5) is 0 Å². The molecule has 0 aliphatic carbocycles. The van der Waals surface area contributed by atoms with Gasteiger partial charge in [0.2, 0.25) is 5.91 Å². The van der Waals surface area contributed by atoms with Gasteiger partial charge in [0, 0.05) is 10.4 Å². The van der Waals surface area contributed by atoms with Crippen molar-refractivity contribution < 1.29 is 9.21 Å². The van der Waals surface area contributed by atoms with E-state index in [0.29, 0.717) is 5.02 Å². The lowest BCUT2D eigenvalue weighted by molar-refractivity contribution is -0.121. The molecule has 0 radical (unpaired) electrons. The number of fused-ring (bicyclic) bond motifs is 1. The molecule has 0 aliphatic rings. The van der Waals surface area contributed by atoms with E-state index in [-0.39, 0.29) is 23.9 Å². The summed E-state index contributed by atoms with van der Waals surface area (Å²) in [6.45, 7) is 5.85. The third-order valence-corrected chi connectivity index (χ3v) is 3.56. The van der Waals surface area contributed by atoms with Crippen molar-refractivity contribution in [1.82, 2.24) is 5.32 Å². The van der Waals surface area contributed by atoms with Crippen LogP contribution in [0.1, 0.15) is 32.6 Å². The highest BCUT2D eigenvalue weighted by atomic mass is 35.5. The lowest BCUT2D eigenvalue weighted by Gasteiger charge is -2.22. The first-order chi connectivity index (χ1) is 9.38. The van der Waals surface area contributed by atoms with E-state index in [9.17, 15) is 4.79 Å². The van der Waals surface area contributed by atoms with E-state index < -0.39 is 0 Å². The number of nitrogens with one attached hydrogen (secondary N) is 1. The van der Waals surface area contributed by atoms with E-state index >= 15 is 0 Å². The topological polar surface area (TPSA) is 68.3 Å². The summed E-state index contributed by atoms with van der Waals surface area (Å²) < 4.78 is 5.77. The zero-order valence-electron chi connectivity index (χ0n) is 11.8. The van der Waals surface area contributed by atoms with Gasteiger partial charge in [-0.3, -0.25) is 10.1 Å². The fourth-order valence-corrected chi connectivity index (χ4v) is 2.38. The molecule has 2 aromatic rings. The van der Waals surface area contributed by atoms with Gasteiger partial charge in [-0.15, -0.1) is 0 Å². The standard InChI is InChI=1S/C15H19ClN2O2/c1-8(2)14(15(17)19)18-9(3)13-7-10-6-11(16)4-5-12(10)20-13/h4-9,14,18H,1-3H3,(H2,17,19)/t9?,14-/m0/s1. The van der Waals surface area contributed by atoms with Gasteiger partial charge in [0.15, 0.2) is 0 Å². The average Bonchev–Trinajstić information content (AvgIpc) is 2.77. The molecule has 20 heavy (non-hydrogen) atoms. The number of nitrogens with two attached hydrogens (primary N) is 1. The Balaban J connectivity index is 2.22. The molecule has 0 bridgehead atoms. The van der Waals surface area contributed by atoms with Crippen molar-refractivity contribution in [3.05, 3.63) is 35.0 Å². The molecule has 1 aromatic heterocycles. The van der Waals surface area contributed by atoms with Crippen molar-refractivity contribution in [2.24, 2.45) is 11.7 Å². The second kappa shape index (κ2) is 5.85. The third kappa shape index (κ3) is 3.14. The molecule has 0 aliphatic heterocycles. The second-order valence-electron chi connectivity index (χ2n) is 5.34. The summed E-state index contributed by atoms with van der Waals surface area (Å²) in [6, 6.07) is 6.90. The lowest BCUT2D eigenvalue weighted by atomic mass is 10.0. The Morgan fingerprint density at radius 1 is 1.30 bits per heavy atom. The monoisotopic (exact) mass is 294 g/mol. The van der Waals surface area contributed by atoms with Gasteiger partial charge in [-0.05, 0) is 37.1 Å². The molecule has 108 valence electrons. The number of benzene rings is 1. The van der Waals surface area contributed by atoms with Crippen molar-refractivity contribution in [3.63, 3.8) is 0 Å². The minimum absolute atomic E-state index is 0.110. The van der Waals surface area contributed by atoms with Crippen LogP contribution in [0.5, 0.6) is 0 Å². The Hall–Kier alpha value is -1.52. The maximum Gasteiger partial charge on any atom is 0.234 e. The first kappa shape index (κ1) is 14.9. The minimum Gasteiger partial charge on any atom is -0.459 e. The van der Waals surface area contributed by atoms with Crippen LogP contribution in [0.25, 0.3) is 11.0 Å². The van der Waals surface area contributed by atoms with Gasteiger partial charge in [-0.2, -0.15) is 0 Å². The van der Waals surface area contributed by atoms with Gasteiger partial charge in [0.05, 0.1) is 12.1 Å². The quantitative estimate of drug-likeness (QED) is 0.889. The summed E-state index contributed by atoms with van der Waals surface area (Å²) in [5.74, 6) is 0.522. The Kier molecular flexibility index (Phi) is 4.35. The van der Waals surface area contributed by atoms with Gasteiger partial charge in [0.25, 0.3) is 0 Å². The number of halogens is 1. The highest BCUT2D eigenvalue weighted by Crippen LogP contribution is 2.26. The van der Waals surface area contributed by atoms with Gasteiger partial charge < -0.3 is 10.2 Å². The number of rotatable bonds is 5. The summed E-state index contributed by atoms with van der Waals surface area (Å²) in [5.41, 5.74) is 6.19. The number of furan rings is 1. The SMILES string of the molecule is CC(N[C@H](C(N)=O)C(C)C)c1cc2cc(Cl)ccc2o1. The predicted molar refractivity (Wildman–Crippen MR) is 80.6 cm³/mol. The minimum atomic E-state index is -0.387. The smallest absolute Gasteiger partial charge is 0.234 e. The van der Waals surface area contributed by atoms with Crippen molar-refractivity contribution in [1.29, 1.82) is 0 Å². The largest absolute Gasteiger partial charge is 0.459 e. The molecule has 0 saturated heterocycles. The van der Waals surface area contributed by atoms with Crippen LogP contribution in [-0.4, -0.2) is 11.9 Å². The van der Waals surface area contributed by atoms with E-state index in [1.807, 2.05) is 39.0 Å². The molecule has 1 aromatic carbocycles. The lowest BCUT2D eigenvalue weighted by Crippen LogP contribution is -2.45. The van der Waals surface area contributed by atoms with Gasteiger partial charge >= 0.3 is 0 Å². The van der Waals surface area contributed by atoms with Gasteiger partial charge in [0.1, 0.15) is 11.3 Å². The normalized spacial score (nSPS) is 14.7. The average molecular weight is 295 g/mol. The molecule has 0 spiro atoms. The Labute approximate surface area is 123 Å². The van der Waals surface area contributed by atoms with Crippen molar-refractivity contribution >= 4 is 28.5 Å². The first-order valence-corrected chi connectivity index (χ1v) is 7.00. The maximum atomic E-state index is 11.4. The molecule has 1 amide bonds. The molecule has 4 nitrogen and oxygen atoms in total. The molecule has 2 rings (SSSR count). The van der Waals surface area contributed by atoms with E-state index in [0.717, 1.165) is 16.7 Å². The number of hydrogen-bond donors (Lipinski definition) is 2. The van der Waals surface area contributed by atoms with Crippen LogP contribution in [0, 0.1) is 5.92 Å². The molecule has 0 fully saturated rings. The van der Waals surface area contributed by atoms with E-state index in [1.165, 1.54) is 0 Å². The van der Waals surface area contributed by atoms with E-state index in [4.69, 9.17) is 21.8 Å². The predicted octanol–water partition coefficient (Wildman–Crippen LogP) is 3.25. The number of carbonyl (C=O) groups excluding carboxylic acids is 1. The summed E-state index contributed by atoms with van der Waals surface area (Å²) in [6.07, 6.45) is 0. The third-order valence-electron chi connectivity index (χ3n) is 3.33. The number of primary amides is 1. The van der Waals surface area contributed by atoms with Crippen LogP contribution < -0.4 is 11.1 Å². The van der Waals surface area contributed by atoms with Crippen molar-refractivity contribution in [2.75, 3.05) is 0 Å². The molecule has 2 atom stereocenters. The summed E-state index contributed by atoms with van der Waals surface area (Å²) in [4.78, 5) is 11.4. The molecular weight excluding hydrogens is 276 g/mol. The Morgan fingerprint density at radius 3 is 2.60 bits per heavy atom. The molecular formula is C15H19ClN2O2. The van der Waals surface area contributed by atoms with Crippen LogP contribution in [-0.2, 0) is 4.79 Å². The number of carbonyl (C=O) groups is 1. The summed E-state index contributed by atoms with van der Waals surface area (Å²) >= 11 is 5.96. The molecule has 3 N–H and O–H groups in total. The number of amides is 1. The summed E-state index contributed by atoms with van der Waals surface area (Å²) in [5, 5.41) is 4.82. The number of hydrogen-bond acceptors (Lipinski definition) is 3. The summed E-state index contributed by atoms with van der Waals surface area (Å²) in [7, 11) is 0. The van der Waals surface area contributed by atoms with Crippen LogP contribution in [0.15, 0.2) is 28.7 Å². The van der Waals surface area contributed by atoms with E-state index in [2.05, 4.69) is 5.32 Å². The molecule has 1 heterocycles. The highest BCUT2D eigenvalue weighted by Gasteiger charge is 2.23. The second-order valence-corrected chi connectivity index (χ2v) is 5.78. The Morgan fingerprint density at radius 2 is 2.00 bits per heavy atom. The van der Waals surface area contributed by atoms with E-state index in [1.54, 1.807) is 6.07 Å². The fraction of sp³-hybridized carbons (Fsp3) is 0.400. The van der Waals surface area contributed by atoms with Crippen LogP contribution >= 0.6 is 11.6 Å². The van der Waals surface area contributed by atoms with Gasteiger partial charge in [-0.25, -0.2) is 0 Å². The first-order valence-electron chi connectivity index (χ1n) is 6.63. The van der Waals surface area contributed by atoms with Crippen molar-refractivity contribution in [3.8, 4) is 0 Å². The molecule has 5 heteroatoms. The maximum absolute atomic E-state index is 11.4.